The van der Waals surface area contributed by atoms with Crippen molar-refractivity contribution in [1.29, 1.82) is 5.26 Å². The molecule has 0 radical (unpaired) electrons. The smallest absolute Gasteiger partial charge is 0.307 e. The van der Waals surface area contributed by atoms with Gasteiger partial charge < -0.3 is 4.74 Å². The molecule has 3 rings (SSSR count). The summed E-state index contributed by atoms with van der Waals surface area (Å²) in [4.78, 5) is 37.8. The van der Waals surface area contributed by atoms with Crippen LogP contribution in [0, 0.1) is 23.2 Å². The first-order valence-corrected chi connectivity index (χ1v) is 8.60. The molecule has 1 aliphatic heterocycles. The molecule has 25 heavy (non-hydrogen) atoms. The van der Waals surface area contributed by atoms with Crippen LogP contribution in [0.5, 0.6) is 0 Å². The number of nitriles is 1. The molecule has 0 aromatic heterocycles. The zero-order valence-corrected chi connectivity index (χ0v) is 13.9. The number of hydrogen-bond acceptors (Lipinski definition) is 5. The van der Waals surface area contributed by atoms with Gasteiger partial charge in [0.25, 0.3) is 0 Å². The van der Waals surface area contributed by atoms with Gasteiger partial charge in [0.15, 0.2) is 0 Å². The van der Waals surface area contributed by atoms with E-state index in [1.165, 1.54) is 4.90 Å². The SMILES string of the molecule is N#Cc1ccc(COC(=O)CCN2C(=O)[C@@H]3CCCC[C@H]3C2=O)cc1. The minimum atomic E-state index is -0.445. The Kier molecular flexibility index (Phi) is 5.13. The van der Waals surface area contributed by atoms with Crippen molar-refractivity contribution in [2.24, 2.45) is 11.8 Å². The molecule has 130 valence electrons. The Hall–Kier alpha value is -2.68. The maximum absolute atomic E-state index is 12.3. The summed E-state index contributed by atoms with van der Waals surface area (Å²) in [6, 6.07) is 8.79. The highest BCUT2D eigenvalue weighted by Crippen LogP contribution is 2.37. The van der Waals surface area contributed by atoms with Crippen molar-refractivity contribution in [3.63, 3.8) is 0 Å². The quantitative estimate of drug-likeness (QED) is 0.605. The van der Waals surface area contributed by atoms with E-state index in [0.717, 1.165) is 31.2 Å². The molecule has 1 aromatic rings. The van der Waals surface area contributed by atoms with Crippen LogP contribution in [0.4, 0.5) is 0 Å². The van der Waals surface area contributed by atoms with E-state index in [1.54, 1.807) is 24.3 Å². The van der Waals surface area contributed by atoms with Gasteiger partial charge in [0.2, 0.25) is 11.8 Å². The van der Waals surface area contributed by atoms with E-state index < -0.39 is 5.97 Å². The van der Waals surface area contributed by atoms with Crippen molar-refractivity contribution in [3.05, 3.63) is 35.4 Å². The molecule has 2 aliphatic rings. The summed E-state index contributed by atoms with van der Waals surface area (Å²) in [5.74, 6) is -1.07. The van der Waals surface area contributed by atoms with Gasteiger partial charge in [-0.15, -0.1) is 0 Å². The number of hydrogen-bond donors (Lipinski definition) is 0. The lowest BCUT2D eigenvalue weighted by atomic mass is 9.81. The highest BCUT2D eigenvalue weighted by atomic mass is 16.5. The van der Waals surface area contributed by atoms with E-state index in [1.807, 2.05) is 6.07 Å². The van der Waals surface area contributed by atoms with E-state index in [-0.39, 0.29) is 43.2 Å². The Morgan fingerprint density at radius 3 is 2.28 bits per heavy atom. The van der Waals surface area contributed by atoms with Crippen LogP contribution in [0.1, 0.15) is 43.2 Å². The molecule has 1 aromatic carbocycles. The number of carbonyl (C=O) groups is 3. The molecule has 1 heterocycles. The van der Waals surface area contributed by atoms with Gasteiger partial charge in [-0.2, -0.15) is 5.26 Å². The number of carbonyl (C=O) groups excluding carboxylic acids is 3. The molecule has 6 nitrogen and oxygen atoms in total. The Bertz CT molecular complexity index is 696. The summed E-state index contributed by atoms with van der Waals surface area (Å²) in [5, 5.41) is 8.75. The average molecular weight is 340 g/mol. The molecule has 0 unspecified atom stereocenters. The third-order valence-electron chi connectivity index (χ3n) is 4.95. The third-order valence-corrected chi connectivity index (χ3v) is 4.95. The molecule has 1 saturated heterocycles. The van der Waals surface area contributed by atoms with Gasteiger partial charge in [0.05, 0.1) is 29.9 Å². The number of imide groups is 1. The van der Waals surface area contributed by atoms with E-state index in [0.29, 0.717) is 5.56 Å². The summed E-state index contributed by atoms with van der Waals surface area (Å²) in [5.41, 5.74) is 1.33. The van der Waals surface area contributed by atoms with E-state index in [9.17, 15) is 14.4 Å². The summed E-state index contributed by atoms with van der Waals surface area (Å²) >= 11 is 0. The molecule has 0 N–H and O–H groups in total. The predicted molar refractivity (Wildman–Crippen MR) is 87.7 cm³/mol. The standard InChI is InChI=1S/C19H20N2O4/c20-11-13-5-7-14(8-6-13)12-25-17(22)9-10-21-18(23)15-3-1-2-4-16(15)19(21)24/h5-8,15-16H,1-4,9-10,12H2/t15-,16-/m1/s1. The van der Waals surface area contributed by atoms with Gasteiger partial charge in [0, 0.05) is 6.54 Å². The van der Waals surface area contributed by atoms with Crippen molar-refractivity contribution in [3.8, 4) is 6.07 Å². The average Bonchev–Trinajstić information content (AvgIpc) is 2.89. The third kappa shape index (κ3) is 3.71. The molecule has 6 heteroatoms. The molecule has 2 fully saturated rings. The Morgan fingerprint density at radius 2 is 1.72 bits per heavy atom. The summed E-state index contributed by atoms with van der Waals surface area (Å²) < 4.78 is 5.18. The van der Waals surface area contributed by atoms with Crippen molar-refractivity contribution >= 4 is 17.8 Å². The number of ether oxygens (including phenoxy) is 1. The Labute approximate surface area is 146 Å². The lowest BCUT2D eigenvalue weighted by Crippen LogP contribution is -2.33. The number of nitrogens with zero attached hydrogens (tertiary/aromatic N) is 2. The Balaban J connectivity index is 1.48. The van der Waals surface area contributed by atoms with E-state index >= 15 is 0 Å². The maximum Gasteiger partial charge on any atom is 0.307 e. The fourth-order valence-electron chi connectivity index (χ4n) is 3.57. The van der Waals surface area contributed by atoms with Crippen molar-refractivity contribution in [2.75, 3.05) is 6.54 Å². The van der Waals surface area contributed by atoms with Gasteiger partial charge in [0.1, 0.15) is 6.61 Å². The lowest BCUT2D eigenvalue weighted by molar-refractivity contribution is -0.146. The summed E-state index contributed by atoms with van der Waals surface area (Å²) in [6.45, 7) is 0.203. The molecule has 2 atom stereocenters. The van der Waals surface area contributed by atoms with Gasteiger partial charge in [-0.05, 0) is 30.5 Å². The number of likely N-dealkylation sites (tertiary alicyclic amines) is 1. The van der Waals surface area contributed by atoms with Gasteiger partial charge in [-0.25, -0.2) is 0 Å². The zero-order chi connectivity index (χ0) is 17.8. The van der Waals surface area contributed by atoms with Crippen molar-refractivity contribution in [2.45, 2.75) is 38.7 Å². The van der Waals surface area contributed by atoms with Gasteiger partial charge in [-0.3, -0.25) is 19.3 Å². The molecule has 1 saturated carbocycles. The van der Waals surface area contributed by atoms with Crippen LogP contribution in [0.3, 0.4) is 0 Å². The normalized spacial score (nSPS) is 22.4. The highest BCUT2D eigenvalue weighted by Gasteiger charge is 2.47. The minimum Gasteiger partial charge on any atom is -0.461 e. The van der Waals surface area contributed by atoms with Crippen molar-refractivity contribution < 1.29 is 19.1 Å². The van der Waals surface area contributed by atoms with Gasteiger partial charge in [-0.1, -0.05) is 25.0 Å². The van der Waals surface area contributed by atoms with Crippen LogP contribution in [0.15, 0.2) is 24.3 Å². The topological polar surface area (TPSA) is 87.5 Å². The van der Waals surface area contributed by atoms with Crippen LogP contribution in [-0.2, 0) is 25.7 Å². The number of rotatable bonds is 5. The first kappa shape index (κ1) is 17.2. The second-order valence-corrected chi connectivity index (χ2v) is 6.54. The predicted octanol–water partition coefficient (Wildman–Crippen LogP) is 2.17. The Morgan fingerprint density at radius 1 is 1.12 bits per heavy atom. The zero-order valence-electron chi connectivity index (χ0n) is 13.9. The van der Waals surface area contributed by atoms with Crippen LogP contribution in [-0.4, -0.2) is 29.2 Å². The maximum atomic E-state index is 12.3. The van der Waals surface area contributed by atoms with E-state index in [4.69, 9.17) is 10.00 Å². The number of esters is 1. The molecule has 2 amide bonds. The number of benzene rings is 1. The van der Waals surface area contributed by atoms with Crippen LogP contribution >= 0.6 is 0 Å². The molecule has 1 aliphatic carbocycles. The fourth-order valence-corrected chi connectivity index (χ4v) is 3.57. The summed E-state index contributed by atoms with van der Waals surface area (Å²) in [6.07, 6.45) is 3.53. The van der Waals surface area contributed by atoms with Crippen LogP contribution in [0.2, 0.25) is 0 Å². The fraction of sp³-hybridized carbons (Fsp3) is 0.474. The summed E-state index contributed by atoms with van der Waals surface area (Å²) in [7, 11) is 0. The molecular formula is C19H20N2O4. The second-order valence-electron chi connectivity index (χ2n) is 6.54. The molecule has 0 spiro atoms. The lowest BCUT2D eigenvalue weighted by Gasteiger charge is -2.19. The first-order valence-electron chi connectivity index (χ1n) is 8.60. The largest absolute Gasteiger partial charge is 0.461 e. The number of fused-ring (bicyclic) bond motifs is 1. The van der Waals surface area contributed by atoms with Crippen molar-refractivity contribution in [1.82, 2.24) is 4.90 Å². The monoisotopic (exact) mass is 340 g/mol. The second kappa shape index (κ2) is 7.47. The molecular weight excluding hydrogens is 320 g/mol. The minimum absolute atomic E-state index is 0.00714. The number of amides is 2. The molecule has 0 bridgehead atoms. The highest BCUT2D eigenvalue weighted by molar-refractivity contribution is 6.05. The van der Waals surface area contributed by atoms with E-state index in [2.05, 4.69) is 0 Å². The van der Waals surface area contributed by atoms with Gasteiger partial charge >= 0.3 is 5.97 Å². The first-order chi connectivity index (χ1) is 12.1. The van der Waals surface area contributed by atoms with Crippen LogP contribution in [0.25, 0.3) is 0 Å². The van der Waals surface area contributed by atoms with Crippen LogP contribution < -0.4 is 0 Å².